The van der Waals surface area contributed by atoms with Crippen LogP contribution in [0.4, 0.5) is 5.00 Å². The van der Waals surface area contributed by atoms with Gasteiger partial charge in [-0.2, -0.15) is 0 Å². The van der Waals surface area contributed by atoms with E-state index in [9.17, 15) is 14.4 Å². The van der Waals surface area contributed by atoms with Gasteiger partial charge >= 0.3 is 5.97 Å². The van der Waals surface area contributed by atoms with Crippen molar-refractivity contribution >= 4 is 57.5 Å². The second-order valence-corrected chi connectivity index (χ2v) is 12.6. The smallest absolute Gasteiger partial charge is 0.341 e. The minimum Gasteiger partial charge on any atom is -0.484 e. The second kappa shape index (κ2) is 14.3. The minimum atomic E-state index is -0.408. The lowest BCUT2D eigenvalue weighted by Crippen LogP contribution is -2.29. The molecule has 44 heavy (non-hydrogen) atoms. The molecule has 0 unspecified atom stereocenters. The van der Waals surface area contributed by atoms with E-state index in [4.69, 9.17) is 21.1 Å². The van der Waals surface area contributed by atoms with Gasteiger partial charge in [-0.1, -0.05) is 35.5 Å². The van der Waals surface area contributed by atoms with Crippen LogP contribution in [0, 0.1) is 13.8 Å². The topological polar surface area (TPSA) is 124 Å². The summed E-state index contributed by atoms with van der Waals surface area (Å²) in [4.78, 5) is 39.5. The average molecular weight is 654 g/mol. The van der Waals surface area contributed by atoms with Crippen molar-refractivity contribution in [1.82, 2.24) is 20.1 Å². The summed E-state index contributed by atoms with van der Waals surface area (Å²) in [6.07, 6.45) is 2.68. The van der Waals surface area contributed by atoms with Crippen molar-refractivity contribution in [3.63, 3.8) is 0 Å². The number of ether oxygens (including phenoxy) is 2. The third-order valence-corrected chi connectivity index (χ3v) is 9.31. The molecule has 0 fully saturated rings. The summed E-state index contributed by atoms with van der Waals surface area (Å²) in [6.45, 7) is 5.91. The maximum absolute atomic E-state index is 13.1. The molecule has 0 aliphatic heterocycles. The Bertz CT molecular complexity index is 1690. The van der Waals surface area contributed by atoms with Crippen LogP contribution in [-0.4, -0.2) is 51.5 Å². The number of carbonyl (C=O) groups excluding carboxylic acids is 3. The summed E-state index contributed by atoms with van der Waals surface area (Å²) < 4.78 is 12.7. The van der Waals surface area contributed by atoms with E-state index in [1.54, 1.807) is 31.2 Å². The first-order chi connectivity index (χ1) is 21.2. The van der Waals surface area contributed by atoms with Gasteiger partial charge in [0.05, 0.1) is 30.2 Å². The summed E-state index contributed by atoms with van der Waals surface area (Å²) in [5.74, 6) is 0.0568. The number of carbonyl (C=O) groups is 3. The van der Waals surface area contributed by atoms with Crippen molar-refractivity contribution in [3.05, 3.63) is 80.4 Å². The first-order valence-corrected chi connectivity index (χ1v) is 16.3. The van der Waals surface area contributed by atoms with Gasteiger partial charge in [-0.25, -0.2) is 4.79 Å². The maximum Gasteiger partial charge on any atom is 0.341 e. The SMILES string of the molecule is CCOC(=O)c1c(NC(=O)CSc2nnc(CNC(=O)COc3ccc(Cl)cc3)n2-c2cc(C)ccc2C)sc2c1CCC2. The molecule has 0 saturated carbocycles. The van der Waals surface area contributed by atoms with Crippen LogP contribution in [0.5, 0.6) is 5.75 Å². The molecule has 13 heteroatoms. The van der Waals surface area contributed by atoms with Crippen LogP contribution < -0.4 is 15.4 Å². The van der Waals surface area contributed by atoms with Gasteiger partial charge in [0.2, 0.25) is 5.91 Å². The van der Waals surface area contributed by atoms with Crippen molar-refractivity contribution < 1.29 is 23.9 Å². The van der Waals surface area contributed by atoms with Crippen LogP contribution in [0.2, 0.25) is 5.02 Å². The van der Waals surface area contributed by atoms with E-state index in [1.165, 1.54) is 23.1 Å². The summed E-state index contributed by atoms with van der Waals surface area (Å²) in [5.41, 5.74) is 4.32. The van der Waals surface area contributed by atoms with Crippen molar-refractivity contribution in [3.8, 4) is 11.4 Å². The van der Waals surface area contributed by atoms with Gasteiger partial charge in [0, 0.05) is 9.90 Å². The lowest BCUT2D eigenvalue weighted by atomic mass is 10.1. The number of halogens is 1. The quantitative estimate of drug-likeness (QED) is 0.148. The number of fused-ring (bicyclic) bond motifs is 1. The number of amides is 2. The van der Waals surface area contributed by atoms with Gasteiger partial charge in [-0.05, 0) is 87.1 Å². The van der Waals surface area contributed by atoms with E-state index >= 15 is 0 Å². The zero-order valence-corrected chi connectivity index (χ0v) is 27.0. The number of thioether (sulfide) groups is 1. The molecular formula is C31H32ClN5O5S2. The van der Waals surface area contributed by atoms with E-state index in [0.717, 1.165) is 46.5 Å². The number of hydrogen-bond donors (Lipinski definition) is 2. The Morgan fingerprint density at radius 1 is 1.07 bits per heavy atom. The molecule has 1 aliphatic rings. The zero-order valence-electron chi connectivity index (χ0n) is 24.6. The van der Waals surface area contributed by atoms with Crippen molar-refractivity contribution in [2.45, 2.75) is 51.7 Å². The Labute approximate surface area is 268 Å². The molecule has 2 N–H and O–H groups in total. The summed E-state index contributed by atoms with van der Waals surface area (Å²) in [6, 6.07) is 12.8. The predicted molar refractivity (Wildman–Crippen MR) is 171 cm³/mol. The molecule has 0 radical (unpaired) electrons. The van der Waals surface area contributed by atoms with E-state index < -0.39 is 5.97 Å². The maximum atomic E-state index is 13.1. The standard InChI is InChI=1S/C31H32ClN5O5S2/c1-4-41-30(40)28-22-6-5-7-24(22)44-29(28)34-27(39)17-43-31-36-35-25(37(31)23-14-18(2)8-9-19(23)3)15-33-26(38)16-42-21-12-10-20(32)11-13-21/h8-14H,4-7,15-17H2,1-3H3,(H,33,38)(H,34,39). The summed E-state index contributed by atoms with van der Waals surface area (Å²) in [7, 11) is 0. The van der Waals surface area contributed by atoms with Crippen molar-refractivity contribution in [2.24, 2.45) is 0 Å². The summed E-state index contributed by atoms with van der Waals surface area (Å²) in [5, 5.41) is 16.1. The van der Waals surface area contributed by atoms with Gasteiger partial charge in [0.25, 0.3) is 5.91 Å². The fourth-order valence-electron chi connectivity index (χ4n) is 4.82. The molecule has 0 spiro atoms. The summed E-state index contributed by atoms with van der Waals surface area (Å²) >= 11 is 8.57. The molecule has 1 aliphatic carbocycles. The van der Waals surface area contributed by atoms with Crippen LogP contribution >= 0.6 is 34.7 Å². The number of hydrogen-bond acceptors (Lipinski definition) is 9. The molecule has 230 valence electrons. The first kappa shape index (κ1) is 31.6. The highest BCUT2D eigenvalue weighted by Crippen LogP contribution is 2.39. The molecular weight excluding hydrogens is 622 g/mol. The largest absolute Gasteiger partial charge is 0.484 e. The van der Waals surface area contributed by atoms with E-state index in [0.29, 0.717) is 32.3 Å². The Kier molecular flexibility index (Phi) is 10.2. The zero-order chi connectivity index (χ0) is 31.2. The monoisotopic (exact) mass is 653 g/mol. The van der Waals surface area contributed by atoms with Crippen molar-refractivity contribution in [2.75, 3.05) is 24.3 Å². The Balaban J connectivity index is 1.29. The number of esters is 1. The highest BCUT2D eigenvalue weighted by atomic mass is 35.5. The third kappa shape index (κ3) is 7.43. The second-order valence-electron chi connectivity index (χ2n) is 10.2. The lowest BCUT2D eigenvalue weighted by molar-refractivity contribution is -0.123. The number of benzene rings is 2. The fourth-order valence-corrected chi connectivity index (χ4v) is 7.01. The molecule has 0 saturated heterocycles. The van der Waals surface area contributed by atoms with Crippen LogP contribution in [0.25, 0.3) is 5.69 Å². The molecule has 10 nitrogen and oxygen atoms in total. The molecule has 0 bridgehead atoms. The molecule has 5 rings (SSSR count). The Morgan fingerprint density at radius 3 is 2.64 bits per heavy atom. The number of thiophene rings is 1. The van der Waals surface area contributed by atoms with Crippen LogP contribution in [0.3, 0.4) is 0 Å². The molecule has 2 aromatic carbocycles. The number of aryl methyl sites for hydroxylation is 3. The molecule has 0 atom stereocenters. The number of nitrogens with zero attached hydrogens (tertiary/aromatic N) is 3. The number of aromatic nitrogens is 3. The van der Waals surface area contributed by atoms with Gasteiger partial charge in [-0.15, -0.1) is 21.5 Å². The predicted octanol–water partition coefficient (Wildman–Crippen LogP) is 5.69. The van der Waals surface area contributed by atoms with E-state index in [2.05, 4.69) is 20.8 Å². The Hall–Kier alpha value is -3.87. The molecule has 2 aromatic heterocycles. The lowest BCUT2D eigenvalue weighted by Gasteiger charge is -2.14. The highest BCUT2D eigenvalue weighted by molar-refractivity contribution is 7.99. The van der Waals surface area contributed by atoms with Gasteiger partial charge in [-0.3, -0.25) is 14.2 Å². The van der Waals surface area contributed by atoms with Gasteiger partial charge < -0.3 is 20.1 Å². The van der Waals surface area contributed by atoms with Crippen LogP contribution in [-0.2, 0) is 33.7 Å². The van der Waals surface area contributed by atoms with E-state index in [-0.39, 0.29) is 37.3 Å². The Morgan fingerprint density at radius 2 is 1.86 bits per heavy atom. The fraction of sp³-hybridized carbons (Fsp3) is 0.323. The molecule has 2 heterocycles. The normalized spacial score (nSPS) is 12.1. The van der Waals surface area contributed by atoms with Crippen molar-refractivity contribution in [1.29, 1.82) is 0 Å². The highest BCUT2D eigenvalue weighted by Gasteiger charge is 2.28. The van der Waals surface area contributed by atoms with Crippen LogP contribution in [0.1, 0.15) is 51.1 Å². The average Bonchev–Trinajstić information content (AvgIpc) is 3.70. The van der Waals surface area contributed by atoms with E-state index in [1.807, 2.05) is 36.6 Å². The number of anilines is 1. The minimum absolute atomic E-state index is 0.0368. The molecule has 4 aromatic rings. The van der Waals surface area contributed by atoms with Gasteiger partial charge in [0.1, 0.15) is 10.8 Å². The molecule has 2 amide bonds. The number of rotatable bonds is 12. The first-order valence-electron chi connectivity index (χ1n) is 14.1. The number of nitrogens with one attached hydrogen (secondary N) is 2. The van der Waals surface area contributed by atoms with Gasteiger partial charge in [0.15, 0.2) is 17.6 Å². The van der Waals surface area contributed by atoms with Crippen LogP contribution in [0.15, 0.2) is 47.6 Å². The third-order valence-electron chi connectivity index (χ3n) is 6.92.